The van der Waals surface area contributed by atoms with Crippen molar-refractivity contribution in [2.75, 3.05) is 23.9 Å². The van der Waals surface area contributed by atoms with E-state index in [0.717, 1.165) is 44.8 Å². The Bertz CT molecular complexity index is 1580. The van der Waals surface area contributed by atoms with Gasteiger partial charge in [0.15, 0.2) is 0 Å². The van der Waals surface area contributed by atoms with Crippen LogP contribution in [0, 0.1) is 0 Å². The van der Waals surface area contributed by atoms with E-state index in [2.05, 4.69) is 95.2 Å². The first-order valence-corrected chi connectivity index (χ1v) is 19.6. The third-order valence-electron chi connectivity index (χ3n) is 8.33. The molecule has 3 aromatic rings. The Morgan fingerprint density at radius 3 is 0.891 bits per heavy atom. The van der Waals surface area contributed by atoms with Gasteiger partial charge in [-0.1, -0.05) is 172 Å². The molecule has 0 aliphatic carbocycles. The van der Waals surface area contributed by atoms with Crippen molar-refractivity contribution in [3.63, 3.8) is 0 Å². The van der Waals surface area contributed by atoms with Gasteiger partial charge in [0.2, 0.25) is 0 Å². The van der Waals surface area contributed by atoms with Crippen LogP contribution >= 0.6 is 23.2 Å². The van der Waals surface area contributed by atoms with E-state index in [-0.39, 0.29) is 59.4 Å². The van der Waals surface area contributed by atoms with Crippen LogP contribution in [0.2, 0.25) is 10.0 Å². The van der Waals surface area contributed by atoms with E-state index >= 15 is 0 Å². The van der Waals surface area contributed by atoms with Crippen LogP contribution in [0.25, 0.3) is 0 Å². The van der Waals surface area contributed by atoms with Gasteiger partial charge in [-0.2, -0.15) is 0 Å². The van der Waals surface area contributed by atoms with E-state index in [1.807, 2.05) is 48.2 Å². The summed E-state index contributed by atoms with van der Waals surface area (Å²) in [5, 5.41) is 48.6. The number of hydrogen-bond acceptors (Lipinski definition) is 6. The second kappa shape index (κ2) is 19.3. The molecule has 6 nitrogen and oxygen atoms in total. The minimum atomic E-state index is -0.750. The van der Waals surface area contributed by atoms with Crippen molar-refractivity contribution in [3.05, 3.63) is 79.8 Å². The Morgan fingerprint density at radius 1 is 0.455 bits per heavy atom. The van der Waals surface area contributed by atoms with Crippen LogP contribution in [0.4, 0.5) is 11.4 Å². The normalized spacial score (nSPS) is 12.5. The van der Waals surface area contributed by atoms with Crippen LogP contribution in [0.3, 0.4) is 0 Å². The Balaban J connectivity index is 0.00000234. The molecule has 3 aromatic carbocycles. The maximum absolute atomic E-state index is 13.8. The van der Waals surface area contributed by atoms with Crippen molar-refractivity contribution >= 4 is 34.6 Å². The summed E-state index contributed by atoms with van der Waals surface area (Å²) in [6, 6.07) is 11.9. The third kappa shape index (κ3) is 17.7. The van der Waals surface area contributed by atoms with Gasteiger partial charge in [-0.25, -0.2) is 0 Å². The molecule has 0 aliphatic heterocycles. The molecule has 0 fully saturated rings. The standard InChI is InChI=1S/C38H54Cl2N2O2.2C4H9O.Zr/c1-35(2,3)25-15-23(33(43)27(17-25)37(7,8)9)21-41(13)31-19-29(39)30(40)20-32(31)42(14)22-24-16-26(36(4,5)6)18-28(34(24)44)38(10,11)12;2*1-4(2,3)5;/h15-20,43-44H,21-22H2,1-14H3;2*1-3H3;/q;2*-1;+4/p-2. The molecule has 0 N–H and O–H groups in total. The van der Waals surface area contributed by atoms with Crippen molar-refractivity contribution in [1.29, 1.82) is 0 Å². The molecule has 0 amide bonds. The van der Waals surface area contributed by atoms with E-state index in [1.54, 1.807) is 41.5 Å². The third-order valence-corrected chi connectivity index (χ3v) is 9.06. The van der Waals surface area contributed by atoms with Crippen molar-refractivity contribution in [2.24, 2.45) is 0 Å². The number of rotatable bonds is 6. The monoisotopic (exact) mass is 874 g/mol. The molecule has 0 atom stereocenters. The van der Waals surface area contributed by atoms with Crippen molar-refractivity contribution in [1.82, 2.24) is 0 Å². The summed E-state index contributed by atoms with van der Waals surface area (Å²) in [7, 11) is 3.93. The van der Waals surface area contributed by atoms with Crippen molar-refractivity contribution < 1.29 is 46.6 Å². The zero-order valence-corrected chi connectivity index (χ0v) is 41.6. The summed E-state index contributed by atoms with van der Waals surface area (Å²) in [6.07, 6.45) is 0. The predicted molar refractivity (Wildman–Crippen MR) is 227 cm³/mol. The average molecular weight is 877 g/mol. The molecule has 0 bridgehead atoms. The Hall–Kier alpha value is -1.76. The predicted octanol–water partition coefficient (Wildman–Crippen LogP) is 9.89. The van der Waals surface area contributed by atoms with E-state index < -0.39 is 11.2 Å². The number of nitrogens with zero attached hydrogens (tertiary/aromatic N) is 2. The van der Waals surface area contributed by atoms with Crippen molar-refractivity contribution in [3.8, 4) is 11.5 Å². The molecule has 0 radical (unpaired) electrons. The van der Waals surface area contributed by atoms with Crippen LogP contribution in [-0.2, 0) is 61.0 Å². The fourth-order valence-electron chi connectivity index (χ4n) is 5.41. The Labute approximate surface area is 364 Å². The minimum Gasteiger partial charge on any atom is -0.872 e. The molecular weight excluding hydrogens is 807 g/mol. The fourth-order valence-corrected chi connectivity index (χ4v) is 5.73. The molecule has 55 heavy (non-hydrogen) atoms. The van der Waals surface area contributed by atoms with Crippen molar-refractivity contribution in [2.45, 2.75) is 171 Å². The topological polar surface area (TPSA) is 98.7 Å². The number of anilines is 2. The number of hydrogen-bond donors (Lipinski definition) is 0. The smallest absolute Gasteiger partial charge is 0.872 e. The van der Waals surface area contributed by atoms with Gasteiger partial charge in [-0.05, 0) is 67.2 Å². The summed E-state index contributed by atoms with van der Waals surface area (Å²) in [5.41, 5.74) is 4.73. The summed E-state index contributed by atoms with van der Waals surface area (Å²) < 4.78 is 0. The summed E-state index contributed by atoms with van der Waals surface area (Å²) in [4.78, 5) is 4.10. The second-order valence-electron chi connectivity index (χ2n) is 20.7. The first-order chi connectivity index (χ1) is 23.8. The average Bonchev–Trinajstić information content (AvgIpc) is 2.92. The van der Waals surface area contributed by atoms with Crippen LogP contribution in [-0.4, -0.2) is 25.3 Å². The zero-order valence-electron chi connectivity index (χ0n) is 37.7. The molecule has 0 aromatic heterocycles. The van der Waals surface area contributed by atoms with Gasteiger partial charge in [0.1, 0.15) is 0 Å². The molecule has 0 heterocycles. The first kappa shape index (κ1) is 53.2. The molecule has 306 valence electrons. The fraction of sp³-hybridized carbons (Fsp3) is 0.609. The maximum Gasteiger partial charge on any atom is 4.00 e. The SMILES string of the molecule is CC(C)(C)[O-].CC(C)(C)[O-].CN(Cc1cc(C(C)(C)C)cc(C(C)(C)C)c1[O-])c1cc(Cl)c(Cl)cc1N(C)Cc1cc(C(C)(C)C)cc(C(C)(C)C)c1[O-].[Zr+4]. The molecule has 9 heteroatoms. The van der Waals surface area contributed by atoms with Gasteiger partial charge in [0, 0.05) is 27.2 Å². The minimum absolute atomic E-state index is 0. The summed E-state index contributed by atoms with van der Waals surface area (Å²) >= 11 is 13.2. The Morgan fingerprint density at radius 2 is 0.691 bits per heavy atom. The molecule has 3 rings (SSSR count). The largest absolute Gasteiger partial charge is 4.00 e. The zero-order chi connectivity index (χ0) is 42.7. The summed E-state index contributed by atoms with van der Waals surface area (Å²) in [6.45, 7) is 36.1. The maximum atomic E-state index is 13.8. The van der Waals surface area contributed by atoms with Crippen LogP contribution in [0.5, 0.6) is 11.5 Å². The molecule has 0 saturated carbocycles. The van der Waals surface area contributed by atoms with Gasteiger partial charge in [-0.3, -0.25) is 0 Å². The molecule has 0 spiro atoms. The van der Waals surface area contributed by atoms with Gasteiger partial charge >= 0.3 is 26.2 Å². The van der Waals surface area contributed by atoms with Crippen LogP contribution in [0.15, 0.2) is 36.4 Å². The molecule has 0 aliphatic rings. The van der Waals surface area contributed by atoms with E-state index in [1.165, 1.54) is 0 Å². The number of benzene rings is 3. The quantitative estimate of drug-likeness (QED) is 0.245. The van der Waals surface area contributed by atoms with E-state index in [4.69, 9.17) is 23.2 Å². The second-order valence-corrected chi connectivity index (χ2v) is 21.5. The van der Waals surface area contributed by atoms with Gasteiger partial charge < -0.3 is 30.2 Å². The summed E-state index contributed by atoms with van der Waals surface area (Å²) in [5.74, 6) is 0.133. The Kier molecular flexibility index (Phi) is 18.7. The van der Waals surface area contributed by atoms with Crippen LogP contribution in [0.1, 0.15) is 158 Å². The van der Waals surface area contributed by atoms with E-state index in [0.29, 0.717) is 23.1 Å². The number of halogens is 2. The first-order valence-electron chi connectivity index (χ1n) is 18.8. The molecular formula is C46H70Cl2N2O4Zr. The molecule has 0 saturated heterocycles. The van der Waals surface area contributed by atoms with Crippen LogP contribution < -0.4 is 30.2 Å². The molecule has 0 unspecified atom stereocenters. The van der Waals surface area contributed by atoms with Gasteiger partial charge in [0.05, 0.1) is 21.4 Å². The van der Waals surface area contributed by atoms with Gasteiger partial charge in [-0.15, -0.1) is 22.7 Å². The van der Waals surface area contributed by atoms with E-state index in [9.17, 15) is 20.4 Å². The van der Waals surface area contributed by atoms with Gasteiger partial charge in [0.25, 0.3) is 0 Å².